The molecule has 0 aromatic carbocycles. The summed E-state index contributed by atoms with van der Waals surface area (Å²) in [7, 11) is 0. The second-order valence-corrected chi connectivity index (χ2v) is 3.63. The average molecular weight is 194 g/mol. The van der Waals surface area contributed by atoms with E-state index in [1.54, 1.807) is 0 Å². The Morgan fingerprint density at radius 1 is 1.29 bits per heavy atom. The molecule has 0 fully saturated rings. The first-order chi connectivity index (χ1) is 6.45. The first-order valence-corrected chi connectivity index (χ1v) is 4.52. The van der Waals surface area contributed by atoms with Crippen LogP contribution >= 0.6 is 0 Å². The van der Waals surface area contributed by atoms with Crippen molar-refractivity contribution in [2.45, 2.75) is 33.6 Å². The number of carboxylic acid groups (broad SMARTS) is 1. The van der Waals surface area contributed by atoms with Crippen molar-refractivity contribution < 1.29 is 9.90 Å². The minimum absolute atomic E-state index is 0.0723. The monoisotopic (exact) mass is 194 g/mol. The van der Waals surface area contributed by atoms with Crippen molar-refractivity contribution in [1.29, 1.82) is 0 Å². The largest absolute Gasteiger partial charge is 0.476 e. The second-order valence-electron chi connectivity index (χ2n) is 3.63. The minimum Gasteiger partial charge on any atom is -0.476 e. The molecule has 76 valence electrons. The maximum atomic E-state index is 10.9. The van der Waals surface area contributed by atoms with Gasteiger partial charge in [-0.05, 0) is 30.9 Å². The molecule has 1 aromatic rings. The predicted molar refractivity (Wildman–Crippen MR) is 52.6 cm³/mol. The number of carboxylic acids is 1. The topological polar surface area (TPSA) is 63.1 Å². The quantitative estimate of drug-likeness (QED) is 0.781. The molecule has 0 bridgehead atoms. The Hall–Kier alpha value is -1.45. The first kappa shape index (κ1) is 10.6. The van der Waals surface area contributed by atoms with E-state index >= 15 is 0 Å². The molecule has 1 aromatic heterocycles. The number of rotatable bonds is 2. The van der Waals surface area contributed by atoms with Gasteiger partial charge < -0.3 is 5.11 Å². The first-order valence-electron chi connectivity index (χ1n) is 4.52. The van der Waals surface area contributed by atoms with E-state index in [9.17, 15) is 4.79 Å². The summed E-state index contributed by atoms with van der Waals surface area (Å²) in [6.45, 7) is 7.62. The van der Waals surface area contributed by atoms with Crippen LogP contribution in [0.4, 0.5) is 0 Å². The van der Waals surface area contributed by atoms with Gasteiger partial charge in [-0.25, -0.2) is 4.79 Å². The number of carbonyl (C=O) groups is 1. The molecule has 1 rings (SSSR count). The van der Waals surface area contributed by atoms with Crippen molar-refractivity contribution in [2.75, 3.05) is 0 Å². The SMILES string of the molecule is Cc1nnc(C(=O)O)c(C(C)C)c1C. The summed E-state index contributed by atoms with van der Waals surface area (Å²) in [6, 6.07) is 0. The smallest absolute Gasteiger partial charge is 0.356 e. The van der Waals surface area contributed by atoms with Crippen LogP contribution in [0.15, 0.2) is 0 Å². The number of aromatic carboxylic acids is 1. The number of hydrogen-bond donors (Lipinski definition) is 1. The molecule has 0 aliphatic rings. The zero-order valence-corrected chi connectivity index (χ0v) is 8.83. The number of aromatic nitrogens is 2. The zero-order chi connectivity index (χ0) is 10.9. The highest BCUT2D eigenvalue weighted by atomic mass is 16.4. The third-order valence-corrected chi connectivity index (χ3v) is 2.28. The molecule has 0 aliphatic carbocycles. The van der Waals surface area contributed by atoms with Crippen molar-refractivity contribution >= 4 is 5.97 Å². The van der Waals surface area contributed by atoms with Crippen molar-refractivity contribution in [3.8, 4) is 0 Å². The Morgan fingerprint density at radius 3 is 2.29 bits per heavy atom. The lowest BCUT2D eigenvalue weighted by atomic mass is 9.96. The lowest BCUT2D eigenvalue weighted by Gasteiger charge is -2.12. The number of nitrogens with zero attached hydrogens (tertiary/aromatic N) is 2. The van der Waals surface area contributed by atoms with Gasteiger partial charge in [0.2, 0.25) is 0 Å². The van der Waals surface area contributed by atoms with Crippen LogP contribution in [0.5, 0.6) is 0 Å². The molecule has 0 saturated carbocycles. The fraction of sp³-hybridized carbons (Fsp3) is 0.500. The summed E-state index contributed by atoms with van der Waals surface area (Å²) in [6.07, 6.45) is 0. The highest BCUT2D eigenvalue weighted by Gasteiger charge is 2.18. The normalized spacial score (nSPS) is 10.6. The highest BCUT2D eigenvalue weighted by Crippen LogP contribution is 2.22. The molecule has 1 N–H and O–H groups in total. The van der Waals surface area contributed by atoms with E-state index in [1.807, 2.05) is 27.7 Å². The van der Waals surface area contributed by atoms with Crippen LogP contribution in [0.3, 0.4) is 0 Å². The van der Waals surface area contributed by atoms with Crippen LogP contribution in [0.25, 0.3) is 0 Å². The molecule has 0 unspecified atom stereocenters. The molecule has 0 saturated heterocycles. The third-order valence-electron chi connectivity index (χ3n) is 2.28. The summed E-state index contributed by atoms with van der Waals surface area (Å²) in [5.41, 5.74) is 2.57. The summed E-state index contributed by atoms with van der Waals surface area (Å²) in [4.78, 5) is 10.9. The maximum Gasteiger partial charge on any atom is 0.356 e. The van der Waals surface area contributed by atoms with Crippen molar-refractivity contribution in [2.24, 2.45) is 0 Å². The summed E-state index contributed by atoms with van der Waals surface area (Å²) in [5, 5.41) is 16.4. The summed E-state index contributed by atoms with van der Waals surface area (Å²) in [5.74, 6) is -0.861. The highest BCUT2D eigenvalue weighted by molar-refractivity contribution is 5.87. The van der Waals surface area contributed by atoms with Crippen LogP contribution in [0, 0.1) is 13.8 Å². The van der Waals surface area contributed by atoms with Crippen LogP contribution in [-0.2, 0) is 0 Å². The zero-order valence-electron chi connectivity index (χ0n) is 8.83. The fourth-order valence-corrected chi connectivity index (χ4v) is 1.49. The predicted octanol–water partition coefficient (Wildman–Crippen LogP) is 1.92. The van der Waals surface area contributed by atoms with Gasteiger partial charge >= 0.3 is 5.97 Å². The minimum atomic E-state index is -1.01. The lowest BCUT2D eigenvalue weighted by molar-refractivity contribution is 0.0687. The van der Waals surface area contributed by atoms with E-state index in [1.165, 1.54) is 0 Å². The van der Waals surface area contributed by atoms with Gasteiger partial charge in [-0.15, -0.1) is 5.10 Å². The van der Waals surface area contributed by atoms with Crippen LogP contribution in [0.1, 0.15) is 47.1 Å². The van der Waals surface area contributed by atoms with Crippen LogP contribution < -0.4 is 0 Å². The van der Waals surface area contributed by atoms with E-state index in [0.29, 0.717) is 0 Å². The molecule has 14 heavy (non-hydrogen) atoms. The Kier molecular flexibility index (Phi) is 2.84. The standard InChI is InChI=1S/C10H14N2O2/c1-5(2)8-6(3)7(4)11-12-9(8)10(13)14/h5H,1-4H3,(H,13,14). The molecule has 0 amide bonds. The van der Waals surface area contributed by atoms with Gasteiger partial charge in [-0.3, -0.25) is 0 Å². The second kappa shape index (κ2) is 3.74. The van der Waals surface area contributed by atoms with Gasteiger partial charge in [-0.2, -0.15) is 5.10 Å². The van der Waals surface area contributed by atoms with E-state index < -0.39 is 5.97 Å². The van der Waals surface area contributed by atoms with Crippen LogP contribution in [0.2, 0.25) is 0 Å². The number of aryl methyl sites for hydroxylation is 1. The van der Waals surface area contributed by atoms with E-state index in [0.717, 1.165) is 16.8 Å². The van der Waals surface area contributed by atoms with Gasteiger partial charge in [-0.1, -0.05) is 13.8 Å². The third kappa shape index (κ3) is 1.73. The van der Waals surface area contributed by atoms with E-state index in [2.05, 4.69) is 10.2 Å². The Morgan fingerprint density at radius 2 is 1.86 bits per heavy atom. The summed E-state index contributed by atoms with van der Waals surface area (Å²) < 4.78 is 0. The molecule has 4 heteroatoms. The van der Waals surface area contributed by atoms with Crippen molar-refractivity contribution in [3.05, 3.63) is 22.5 Å². The van der Waals surface area contributed by atoms with E-state index in [-0.39, 0.29) is 11.6 Å². The lowest BCUT2D eigenvalue weighted by Crippen LogP contribution is -2.12. The molecule has 0 radical (unpaired) electrons. The molecule has 4 nitrogen and oxygen atoms in total. The van der Waals surface area contributed by atoms with E-state index in [4.69, 9.17) is 5.11 Å². The average Bonchev–Trinajstić information content (AvgIpc) is 2.08. The summed E-state index contributed by atoms with van der Waals surface area (Å²) >= 11 is 0. The Balaban J connectivity index is 3.45. The number of hydrogen-bond acceptors (Lipinski definition) is 3. The van der Waals surface area contributed by atoms with Crippen LogP contribution in [-0.4, -0.2) is 21.3 Å². The molecule has 0 aliphatic heterocycles. The van der Waals surface area contributed by atoms with Gasteiger partial charge in [0.05, 0.1) is 5.69 Å². The van der Waals surface area contributed by atoms with Crippen molar-refractivity contribution in [1.82, 2.24) is 10.2 Å². The Labute approximate surface area is 83.0 Å². The fourth-order valence-electron chi connectivity index (χ4n) is 1.49. The maximum absolute atomic E-state index is 10.9. The molecule has 0 atom stereocenters. The van der Waals surface area contributed by atoms with Gasteiger partial charge in [0, 0.05) is 0 Å². The van der Waals surface area contributed by atoms with Crippen molar-refractivity contribution in [3.63, 3.8) is 0 Å². The Bertz CT molecular complexity index is 373. The molecular formula is C10H14N2O2. The molecule has 0 spiro atoms. The molecule has 1 heterocycles. The van der Waals surface area contributed by atoms with Gasteiger partial charge in [0.15, 0.2) is 5.69 Å². The van der Waals surface area contributed by atoms with Gasteiger partial charge in [0.1, 0.15) is 0 Å². The van der Waals surface area contributed by atoms with Gasteiger partial charge in [0.25, 0.3) is 0 Å². The molecular weight excluding hydrogens is 180 g/mol.